The van der Waals surface area contributed by atoms with E-state index in [9.17, 15) is 18.0 Å². The van der Waals surface area contributed by atoms with Gasteiger partial charge in [0.1, 0.15) is 0 Å². The lowest BCUT2D eigenvalue weighted by Crippen LogP contribution is -2.44. The molecular weight excluding hydrogens is 329 g/mol. The first kappa shape index (κ1) is 18.2. The molecule has 2 fully saturated rings. The molecule has 0 aromatic heterocycles. The zero-order chi connectivity index (χ0) is 18.0. The molecule has 1 aromatic carbocycles. The van der Waals surface area contributed by atoms with Crippen molar-refractivity contribution in [3.8, 4) is 0 Å². The second-order valence-corrected chi connectivity index (χ2v) is 7.18. The van der Waals surface area contributed by atoms with Gasteiger partial charge in [-0.05, 0) is 68.8 Å². The maximum Gasteiger partial charge on any atom is 0.393 e. The summed E-state index contributed by atoms with van der Waals surface area (Å²) in [6.07, 6.45) is -1.66. The van der Waals surface area contributed by atoms with E-state index in [0.717, 1.165) is 37.1 Å². The summed E-state index contributed by atoms with van der Waals surface area (Å²) < 4.78 is 39.1. The van der Waals surface area contributed by atoms with Crippen molar-refractivity contribution in [1.82, 2.24) is 10.2 Å². The number of amides is 1. The highest BCUT2D eigenvalue weighted by atomic mass is 19.4. The van der Waals surface area contributed by atoms with Crippen LogP contribution in [-0.4, -0.2) is 43.2 Å². The molecule has 0 radical (unpaired) electrons. The molecule has 0 spiro atoms. The van der Waals surface area contributed by atoms with E-state index in [0.29, 0.717) is 24.4 Å². The maximum atomic E-state index is 13.0. The normalized spacial score (nSPS) is 22.9. The molecule has 1 unspecified atom stereocenters. The Kier molecular flexibility index (Phi) is 5.37. The Morgan fingerprint density at radius 2 is 1.92 bits per heavy atom. The number of carbonyl (C=O) groups is 1. The number of hydrogen-bond donors (Lipinski definition) is 1. The Bertz CT molecular complexity index is 624. The van der Waals surface area contributed by atoms with E-state index >= 15 is 0 Å². The number of nitrogens with zero attached hydrogens (tertiary/aromatic N) is 1. The highest BCUT2D eigenvalue weighted by Gasteiger charge is 2.42. The van der Waals surface area contributed by atoms with Gasteiger partial charge >= 0.3 is 6.18 Å². The van der Waals surface area contributed by atoms with Gasteiger partial charge in [-0.1, -0.05) is 12.1 Å². The van der Waals surface area contributed by atoms with Crippen LogP contribution < -0.4 is 5.32 Å². The second kappa shape index (κ2) is 7.36. The molecule has 0 saturated carbocycles. The average Bonchev–Trinajstić information content (AvgIpc) is 2.61. The number of benzene rings is 1. The summed E-state index contributed by atoms with van der Waals surface area (Å²) in [7, 11) is 0. The number of likely N-dealkylation sites (tertiary alicyclic amines) is 1. The molecule has 1 aromatic rings. The molecule has 2 aliphatic heterocycles. The molecular formula is C19H25F3N2O. The predicted octanol–water partition coefficient (Wildman–Crippen LogP) is 3.88. The van der Waals surface area contributed by atoms with Gasteiger partial charge in [-0.25, -0.2) is 0 Å². The van der Waals surface area contributed by atoms with Crippen molar-refractivity contribution in [2.45, 2.75) is 44.7 Å². The molecule has 3 nitrogen and oxygen atoms in total. The van der Waals surface area contributed by atoms with Crippen LogP contribution in [0.25, 0.3) is 0 Å². The van der Waals surface area contributed by atoms with Crippen molar-refractivity contribution in [2.24, 2.45) is 5.92 Å². The van der Waals surface area contributed by atoms with E-state index in [1.54, 1.807) is 6.07 Å². The van der Waals surface area contributed by atoms with E-state index in [2.05, 4.69) is 11.4 Å². The van der Waals surface area contributed by atoms with Crippen LogP contribution in [0.4, 0.5) is 13.2 Å². The van der Waals surface area contributed by atoms with Crippen molar-refractivity contribution in [2.75, 3.05) is 26.2 Å². The van der Waals surface area contributed by atoms with Crippen LogP contribution in [0.5, 0.6) is 0 Å². The number of alkyl halides is 3. The maximum absolute atomic E-state index is 13.0. The lowest BCUT2D eigenvalue weighted by Gasteiger charge is -2.34. The molecule has 0 aliphatic carbocycles. The summed E-state index contributed by atoms with van der Waals surface area (Å²) in [5.74, 6) is -1.25. The van der Waals surface area contributed by atoms with Crippen molar-refractivity contribution in [1.29, 1.82) is 0 Å². The summed E-state index contributed by atoms with van der Waals surface area (Å²) in [6, 6.07) is 5.67. The van der Waals surface area contributed by atoms with Crippen LogP contribution in [0.1, 0.15) is 53.1 Å². The van der Waals surface area contributed by atoms with E-state index < -0.39 is 12.1 Å². The third-order valence-corrected chi connectivity index (χ3v) is 5.56. The zero-order valence-corrected chi connectivity index (χ0v) is 14.5. The third-order valence-electron chi connectivity index (χ3n) is 5.56. The molecule has 6 heteroatoms. The van der Waals surface area contributed by atoms with Crippen molar-refractivity contribution >= 4 is 5.91 Å². The van der Waals surface area contributed by atoms with E-state index in [-0.39, 0.29) is 18.9 Å². The van der Waals surface area contributed by atoms with Crippen LogP contribution in [-0.2, 0) is 0 Å². The standard InChI is InChI=1S/C19H25F3N2O/c1-13-16(14-7-9-23-10-8-14)5-2-6-17(13)18(25)24-11-3-4-15(12-24)19(20,21)22/h2,5-6,14-15,23H,3-4,7-12H2,1H3. The first-order chi connectivity index (χ1) is 11.9. The quantitative estimate of drug-likeness (QED) is 0.874. The Morgan fingerprint density at radius 3 is 2.60 bits per heavy atom. The van der Waals surface area contributed by atoms with E-state index in [1.165, 1.54) is 4.90 Å². The molecule has 1 amide bonds. The molecule has 0 bridgehead atoms. The van der Waals surface area contributed by atoms with Crippen LogP contribution in [0.3, 0.4) is 0 Å². The Morgan fingerprint density at radius 1 is 1.20 bits per heavy atom. The first-order valence-corrected chi connectivity index (χ1v) is 9.04. The summed E-state index contributed by atoms with van der Waals surface area (Å²) in [4.78, 5) is 14.3. The SMILES string of the molecule is Cc1c(C(=O)N2CCCC(C(F)(F)F)C2)cccc1C1CCNCC1. The molecule has 138 valence electrons. The Balaban J connectivity index is 1.80. The average molecular weight is 354 g/mol. The fraction of sp³-hybridized carbons (Fsp3) is 0.632. The minimum absolute atomic E-state index is 0.112. The van der Waals surface area contributed by atoms with Gasteiger partial charge in [0.25, 0.3) is 5.91 Å². The third kappa shape index (κ3) is 4.00. The van der Waals surface area contributed by atoms with Crippen LogP contribution >= 0.6 is 0 Å². The van der Waals surface area contributed by atoms with E-state index in [4.69, 9.17) is 0 Å². The second-order valence-electron chi connectivity index (χ2n) is 7.18. The minimum Gasteiger partial charge on any atom is -0.338 e. The molecule has 2 heterocycles. The van der Waals surface area contributed by atoms with Gasteiger partial charge in [0, 0.05) is 18.7 Å². The van der Waals surface area contributed by atoms with Gasteiger partial charge in [-0.15, -0.1) is 0 Å². The lowest BCUT2D eigenvalue weighted by molar-refractivity contribution is -0.184. The van der Waals surface area contributed by atoms with Gasteiger partial charge in [-0.2, -0.15) is 13.2 Å². The van der Waals surface area contributed by atoms with E-state index in [1.807, 2.05) is 13.0 Å². The number of nitrogens with one attached hydrogen (secondary N) is 1. The van der Waals surface area contributed by atoms with Crippen molar-refractivity contribution < 1.29 is 18.0 Å². The summed E-state index contributed by atoms with van der Waals surface area (Å²) >= 11 is 0. The minimum atomic E-state index is -4.23. The van der Waals surface area contributed by atoms with Crippen LogP contribution in [0.15, 0.2) is 18.2 Å². The molecule has 1 atom stereocenters. The molecule has 2 saturated heterocycles. The van der Waals surface area contributed by atoms with Crippen LogP contribution in [0.2, 0.25) is 0 Å². The Hall–Kier alpha value is -1.56. The first-order valence-electron chi connectivity index (χ1n) is 9.04. The largest absolute Gasteiger partial charge is 0.393 e. The fourth-order valence-corrected chi connectivity index (χ4v) is 4.06. The van der Waals surface area contributed by atoms with Crippen molar-refractivity contribution in [3.63, 3.8) is 0 Å². The summed E-state index contributed by atoms with van der Waals surface area (Å²) in [6.45, 7) is 4.03. The number of halogens is 3. The smallest absolute Gasteiger partial charge is 0.338 e. The molecule has 2 aliphatic rings. The van der Waals surface area contributed by atoms with Gasteiger partial charge in [0.2, 0.25) is 0 Å². The highest BCUT2D eigenvalue weighted by molar-refractivity contribution is 5.96. The van der Waals surface area contributed by atoms with Crippen molar-refractivity contribution in [3.05, 3.63) is 34.9 Å². The fourth-order valence-electron chi connectivity index (χ4n) is 4.06. The van der Waals surface area contributed by atoms with Gasteiger partial charge < -0.3 is 10.2 Å². The van der Waals surface area contributed by atoms with Crippen LogP contribution in [0, 0.1) is 12.8 Å². The molecule has 3 rings (SSSR count). The van der Waals surface area contributed by atoms with Gasteiger partial charge in [0.05, 0.1) is 5.92 Å². The topological polar surface area (TPSA) is 32.3 Å². The number of carbonyl (C=O) groups excluding carboxylic acids is 1. The van der Waals surface area contributed by atoms with Gasteiger partial charge in [0.15, 0.2) is 0 Å². The number of piperidine rings is 2. The van der Waals surface area contributed by atoms with Gasteiger partial charge in [-0.3, -0.25) is 4.79 Å². The number of hydrogen-bond acceptors (Lipinski definition) is 2. The predicted molar refractivity (Wildman–Crippen MR) is 90.7 cm³/mol. The highest BCUT2D eigenvalue weighted by Crippen LogP contribution is 2.34. The summed E-state index contributed by atoms with van der Waals surface area (Å²) in [5.41, 5.74) is 2.64. The lowest BCUT2D eigenvalue weighted by atomic mass is 9.85. The molecule has 25 heavy (non-hydrogen) atoms. The Labute approximate surface area is 146 Å². The summed E-state index contributed by atoms with van der Waals surface area (Å²) in [5, 5.41) is 3.33. The molecule has 1 N–H and O–H groups in total. The monoisotopic (exact) mass is 354 g/mol. The number of rotatable bonds is 2. The zero-order valence-electron chi connectivity index (χ0n) is 14.5.